The van der Waals surface area contributed by atoms with Gasteiger partial charge in [-0.05, 0) is 35.9 Å². The van der Waals surface area contributed by atoms with E-state index in [1.807, 2.05) is 6.07 Å². The fourth-order valence-corrected chi connectivity index (χ4v) is 2.83. The van der Waals surface area contributed by atoms with Crippen LogP contribution in [0.4, 0.5) is 4.39 Å². The van der Waals surface area contributed by atoms with Crippen LogP contribution in [0.5, 0.6) is 0 Å². The summed E-state index contributed by atoms with van der Waals surface area (Å²) in [4.78, 5) is 23.5. The van der Waals surface area contributed by atoms with Gasteiger partial charge in [-0.1, -0.05) is 23.7 Å². The molecule has 0 fully saturated rings. The molecule has 0 aliphatic rings. The van der Waals surface area contributed by atoms with Gasteiger partial charge in [0.05, 0.1) is 5.56 Å². The van der Waals surface area contributed by atoms with Gasteiger partial charge in [0.2, 0.25) is 0 Å². The molecule has 25 heavy (non-hydrogen) atoms. The molecular weight excluding hydrogens is 345 g/mol. The second-order valence-corrected chi connectivity index (χ2v) is 6.09. The monoisotopic (exact) mass is 359 g/mol. The molecule has 5 nitrogen and oxygen atoms in total. The number of aryl methyl sites for hydroxylation is 1. The molecule has 1 heterocycles. The quantitative estimate of drug-likeness (QED) is 0.751. The number of hydrogen-bond donors (Lipinski definition) is 2. The summed E-state index contributed by atoms with van der Waals surface area (Å²) in [7, 11) is 1.77. The third-order valence-electron chi connectivity index (χ3n) is 3.99. The van der Waals surface area contributed by atoms with Crippen LogP contribution in [0.25, 0.3) is 10.9 Å². The maximum absolute atomic E-state index is 13.8. The molecule has 0 aliphatic carbocycles. The fourth-order valence-electron chi connectivity index (χ4n) is 2.66. The first-order valence-electron chi connectivity index (χ1n) is 7.48. The van der Waals surface area contributed by atoms with Crippen LogP contribution >= 0.6 is 11.6 Å². The Morgan fingerprint density at radius 2 is 1.96 bits per heavy atom. The summed E-state index contributed by atoms with van der Waals surface area (Å²) in [6, 6.07) is 11.2. The molecule has 0 saturated carbocycles. The van der Waals surface area contributed by atoms with Crippen molar-refractivity contribution >= 4 is 34.3 Å². The third kappa shape index (κ3) is 3.34. The first kappa shape index (κ1) is 17.0. The number of nitrogens with zero attached hydrogens (tertiary/aromatic N) is 1. The minimum absolute atomic E-state index is 0.122. The van der Waals surface area contributed by atoms with E-state index in [2.05, 4.69) is 5.32 Å². The Morgan fingerprint density at radius 3 is 2.64 bits per heavy atom. The number of halogens is 2. The van der Waals surface area contributed by atoms with Crippen LogP contribution in [-0.4, -0.2) is 16.4 Å². The summed E-state index contributed by atoms with van der Waals surface area (Å²) in [5.41, 5.74) is 6.72. The highest BCUT2D eigenvalue weighted by molar-refractivity contribution is 6.31. The average Bonchev–Trinajstić information content (AvgIpc) is 2.89. The van der Waals surface area contributed by atoms with Crippen LogP contribution in [-0.2, 0) is 13.6 Å². The number of amides is 2. The number of benzene rings is 2. The fraction of sp³-hybridized carbons (Fsp3) is 0.111. The predicted molar refractivity (Wildman–Crippen MR) is 94.0 cm³/mol. The molecule has 1 aromatic heterocycles. The number of primary amides is 1. The molecule has 0 saturated heterocycles. The van der Waals surface area contributed by atoms with Crippen molar-refractivity contribution in [2.45, 2.75) is 6.54 Å². The van der Waals surface area contributed by atoms with E-state index >= 15 is 0 Å². The lowest BCUT2D eigenvalue weighted by molar-refractivity contribution is 0.0941. The SMILES string of the molecule is Cn1c(C(=O)NCc2ccc(C(N)=O)c(F)c2)cc2ccc(Cl)cc21. The van der Waals surface area contributed by atoms with Crippen LogP contribution in [0.15, 0.2) is 42.5 Å². The number of fused-ring (bicyclic) bond motifs is 1. The number of hydrogen-bond acceptors (Lipinski definition) is 2. The molecule has 3 aromatic rings. The van der Waals surface area contributed by atoms with Crippen molar-refractivity contribution in [2.24, 2.45) is 12.8 Å². The lowest BCUT2D eigenvalue weighted by atomic mass is 10.1. The molecule has 0 radical (unpaired) electrons. The Hall–Kier alpha value is -2.86. The van der Waals surface area contributed by atoms with E-state index < -0.39 is 11.7 Å². The normalized spacial score (nSPS) is 10.8. The lowest BCUT2D eigenvalue weighted by Gasteiger charge is -2.08. The molecule has 0 aliphatic heterocycles. The summed E-state index contributed by atoms with van der Waals surface area (Å²) in [5.74, 6) is -1.84. The minimum atomic E-state index is -0.831. The van der Waals surface area contributed by atoms with E-state index in [1.165, 1.54) is 12.1 Å². The van der Waals surface area contributed by atoms with Crippen LogP contribution in [0.2, 0.25) is 5.02 Å². The number of carbonyl (C=O) groups excluding carboxylic acids is 2. The molecule has 0 bridgehead atoms. The molecule has 3 rings (SSSR count). The van der Waals surface area contributed by atoms with Gasteiger partial charge in [-0.3, -0.25) is 9.59 Å². The van der Waals surface area contributed by atoms with Crippen LogP contribution < -0.4 is 11.1 Å². The van der Waals surface area contributed by atoms with Crippen LogP contribution in [0, 0.1) is 5.82 Å². The number of carbonyl (C=O) groups is 2. The highest BCUT2D eigenvalue weighted by Crippen LogP contribution is 2.22. The van der Waals surface area contributed by atoms with Crippen LogP contribution in [0.1, 0.15) is 26.4 Å². The van der Waals surface area contributed by atoms with Gasteiger partial charge in [-0.25, -0.2) is 4.39 Å². The van der Waals surface area contributed by atoms with Gasteiger partial charge in [-0.2, -0.15) is 0 Å². The van der Waals surface area contributed by atoms with Crippen molar-refractivity contribution in [1.29, 1.82) is 0 Å². The Balaban J connectivity index is 1.78. The average molecular weight is 360 g/mol. The molecule has 2 amide bonds. The van der Waals surface area contributed by atoms with Gasteiger partial charge in [0, 0.05) is 29.5 Å². The summed E-state index contributed by atoms with van der Waals surface area (Å²) in [5, 5.41) is 4.22. The predicted octanol–water partition coefficient (Wildman–Crippen LogP) is 3.00. The van der Waals surface area contributed by atoms with Gasteiger partial charge < -0.3 is 15.6 Å². The topological polar surface area (TPSA) is 77.1 Å². The molecule has 0 spiro atoms. The zero-order valence-electron chi connectivity index (χ0n) is 13.3. The van der Waals surface area contributed by atoms with Crippen molar-refractivity contribution < 1.29 is 14.0 Å². The van der Waals surface area contributed by atoms with Gasteiger partial charge in [0.25, 0.3) is 11.8 Å². The van der Waals surface area contributed by atoms with Crippen LogP contribution in [0.3, 0.4) is 0 Å². The molecular formula is C18H15ClFN3O2. The molecule has 3 N–H and O–H groups in total. The van der Waals surface area contributed by atoms with E-state index in [0.717, 1.165) is 10.9 Å². The summed E-state index contributed by atoms with van der Waals surface area (Å²) < 4.78 is 15.5. The van der Waals surface area contributed by atoms with E-state index in [-0.39, 0.29) is 18.0 Å². The first-order valence-corrected chi connectivity index (χ1v) is 7.86. The minimum Gasteiger partial charge on any atom is -0.366 e. The second kappa shape index (κ2) is 6.57. The third-order valence-corrected chi connectivity index (χ3v) is 4.23. The Kier molecular flexibility index (Phi) is 4.46. The highest BCUT2D eigenvalue weighted by Gasteiger charge is 2.14. The number of aromatic nitrogens is 1. The van der Waals surface area contributed by atoms with E-state index in [0.29, 0.717) is 16.3 Å². The Labute approximate surface area is 148 Å². The second-order valence-electron chi connectivity index (χ2n) is 5.65. The van der Waals surface area contributed by atoms with Crippen molar-refractivity contribution in [3.8, 4) is 0 Å². The van der Waals surface area contributed by atoms with E-state index in [4.69, 9.17) is 17.3 Å². The van der Waals surface area contributed by atoms with Gasteiger partial charge in [-0.15, -0.1) is 0 Å². The molecule has 0 atom stereocenters. The Morgan fingerprint density at radius 1 is 1.20 bits per heavy atom. The van der Waals surface area contributed by atoms with Crippen molar-refractivity contribution in [3.05, 3.63) is 70.1 Å². The van der Waals surface area contributed by atoms with E-state index in [9.17, 15) is 14.0 Å². The maximum Gasteiger partial charge on any atom is 0.268 e. The highest BCUT2D eigenvalue weighted by atomic mass is 35.5. The van der Waals surface area contributed by atoms with Gasteiger partial charge >= 0.3 is 0 Å². The molecule has 128 valence electrons. The van der Waals surface area contributed by atoms with Gasteiger partial charge in [0.15, 0.2) is 0 Å². The van der Waals surface area contributed by atoms with E-state index in [1.54, 1.807) is 35.9 Å². The summed E-state index contributed by atoms with van der Waals surface area (Å²) in [6.45, 7) is 0.122. The molecule has 0 unspecified atom stereocenters. The molecule has 7 heteroatoms. The van der Waals surface area contributed by atoms with Crippen molar-refractivity contribution in [3.63, 3.8) is 0 Å². The zero-order chi connectivity index (χ0) is 18.1. The largest absolute Gasteiger partial charge is 0.366 e. The number of rotatable bonds is 4. The van der Waals surface area contributed by atoms with Crippen molar-refractivity contribution in [1.82, 2.24) is 9.88 Å². The van der Waals surface area contributed by atoms with Crippen molar-refractivity contribution in [2.75, 3.05) is 0 Å². The smallest absolute Gasteiger partial charge is 0.268 e. The molecule has 2 aromatic carbocycles. The lowest BCUT2D eigenvalue weighted by Crippen LogP contribution is -2.25. The maximum atomic E-state index is 13.8. The Bertz CT molecular complexity index is 997. The number of nitrogens with one attached hydrogen (secondary N) is 1. The standard InChI is InChI=1S/C18H15ClFN3O2/c1-23-15-8-12(19)4-3-11(15)7-16(23)18(25)22-9-10-2-5-13(17(21)24)14(20)6-10/h2-8H,9H2,1H3,(H2,21,24)(H,22,25). The summed E-state index contributed by atoms with van der Waals surface area (Å²) >= 11 is 5.99. The first-order chi connectivity index (χ1) is 11.9. The summed E-state index contributed by atoms with van der Waals surface area (Å²) in [6.07, 6.45) is 0. The van der Waals surface area contributed by atoms with Gasteiger partial charge in [0.1, 0.15) is 11.5 Å². The zero-order valence-corrected chi connectivity index (χ0v) is 14.1. The number of nitrogens with two attached hydrogens (primary N) is 1.